The Morgan fingerprint density at radius 1 is 1.17 bits per heavy atom. The molecule has 0 N–H and O–H groups in total. The second-order valence-electron chi connectivity index (χ2n) is 7.39. The highest BCUT2D eigenvalue weighted by Crippen LogP contribution is 2.17. The number of hydrogen-bond acceptors (Lipinski definition) is 5. The van der Waals surface area contributed by atoms with Crippen molar-refractivity contribution in [3.05, 3.63) is 70.0 Å². The molecule has 7 nitrogen and oxygen atoms in total. The van der Waals surface area contributed by atoms with Crippen LogP contribution in [0.3, 0.4) is 0 Å². The number of carbonyl (C=O) groups is 1. The molecule has 7 heteroatoms. The van der Waals surface area contributed by atoms with Crippen molar-refractivity contribution in [2.75, 3.05) is 32.7 Å². The molecule has 3 aromatic heterocycles. The largest absolute Gasteiger partial charge is 0.336 e. The molecular weight excluding hydrogens is 366 g/mol. The molecule has 3 aromatic rings. The maximum absolute atomic E-state index is 13.1. The van der Waals surface area contributed by atoms with Crippen LogP contribution in [0.4, 0.5) is 0 Å². The average molecular weight is 391 g/mol. The lowest BCUT2D eigenvalue weighted by atomic mass is 10.1. The van der Waals surface area contributed by atoms with Crippen LogP contribution in [0.15, 0.2) is 47.7 Å². The Hall–Kier alpha value is -3.06. The Bertz CT molecular complexity index is 1090. The highest BCUT2D eigenvalue weighted by Gasteiger charge is 2.23. The number of aryl methyl sites for hydroxylation is 1. The summed E-state index contributed by atoms with van der Waals surface area (Å²) >= 11 is 0. The molecule has 150 valence electrons. The highest BCUT2D eigenvalue weighted by atomic mass is 16.2. The molecule has 0 spiro atoms. The number of nitrogens with zero attached hydrogens (tertiary/aromatic N) is 5. The van der Waals surface area contributed by atoms with Crippen LogP contribution in [0.25, 0.3) is 10.9 Å². The van der Waals surface area contributed by atoms with Crippen LogP contribution in [0.5, 0.6) is 0 Å². The summed E-state index contributed by atoms with van der Waals surface area (Å²) in [5.74, 6) is -0.0466. The van der Waals surface area contributed by atoms with E-state index in [1.54, 1.807) is 29.2 Å². The summed E-state index contributed by atoms with van der Waals surface area (Å²) in [6, 6.07) is 7.33. The summed E-state index contributed by atoms with van der Waals surface area (Å²) in [5.41, 5.74) is 2.58. The molecule has 0 atom stereocenters. The van der Waals surface area contributed by atoms with E-state index in [-0.39, 0.29) is 11.5 Å². The van der Waals surface area contributed by atoms with Crippen molar-refractivity contribution in [2.24, 2.45) is 0 Å². The summed E-state index contributed by atoms with van der Waals surface area (Å²) in [7, 11) is 0. The monoisotopic (exact) mass is 391 g/mol. The number of rotatable bonds is 4. The molecule has 0 radical (unpaired) electrons. The van der Waals surface area contributed by atoms with Gasteiger partial charge in [-0.2, -0.15) is 0 Å². The van der Waals surface area contributed by atoms with Crippen molar-refractivity contribution < 1.29 is 4.79 Å². The average Bonchev–Trinajstić information content (AvgIpc) is 2.76. The van der Waals surface area contributed by atoms with E-state index < -0.39 is 0 Å². The molecule has 1 amide bonds. The summed E-state index contributed by atoms with van der Waals surface area (Å²) in [6.07, 6.45) is 5.20. The van der Waals surface area contributed by atoms with Gasteiger partial charge in [-0.15, -0.1) is 0 Å². The van der Waals surface area contributed by atoms with Crippen molar-refractivity contribution in [1.82, 2.24) is 24.3 Å². The van der Waals surface area contributed by atoms with Gasteiger partial charge in [0.2, 0.25) is 0 Å². The second kappa shape index (κ2) is 8.13. The minimum absolute atomic E-state index is 0.0466. The van der Waals surface area contributed by atoms with Gasteiger partial charge in [0.05, 0.1) is 28.7 Å². The highest BCUT2D eigenvalue weighted by molar-refractivity contribution is 5.98. The lowest BCUT2D eigenvalue weighted by Crippen LogP contribution is -2.48. The van der Waals surface area contributed by atoms with Gasteiger partial charge >= 0.3 is 0 Å². The van der Waals surface area contributed by atoms with Gasteiger partial charge in [0.1, 0.15) is 0 Å². The van der Waals surface area contributed by atoms with Crippen molar-refractivity contribution in [1.29, 1.82) is 0 Å². The number of carbonyl (C=O) groups excluding carboxylic acids is 1. The van der Waals surface area contributed by atoms with Gasteiger partial charge in [-0.3, -0.25) is 19.6 Å². The van der Waals surface area contributed by atoms with E-state index in [1.807, 2.05) is 30.0 Å². The zero-order valence-corrected chi connectivity index (χ0v) is 16.8. The molecule has 0 bridgehead atoms. The Kier molecular flexibility index (Phi) is 5.40. The number of likely N-dealkylation sites (N-methyl/N-ethyl adjacent to an activating group) is 1. The van der Waals surface area contributed by atoms with Gasteiger partial charge in [0.15, 0.2) is 0 Å². The minimum atomic E-state index is -0.149. The van der Waals surface area contributed by atoms with Crippen LogP contribution in [0, 0.1) is 6.92 Å². The Labute approximate surface area is 169 Å². The lowest BCUT2D eigenvalue weighted by molar-refractivity contribution is 0.0642. The molecule has 1 aliphatic heterocycles. The van der Waals surface area contributed by atoms with E-state index in [2.05, 4.69) is 21.8 Å². The van der Waals surface area contributed by atoms with Crippen LogP contribution in [0.2, 0.25) is 0 Å². The van der Waals surface area contributed by atoms with Crippen LogP contribution in [0.1, 0.15) is 28.5 Å². The quantitative estimate of drug-likeness (QED) is 0.680. The van der Waals surface area contributed by atoms with Gasteiger partial charge < -0.3 is 14.4 Å². The van der Waals surface area contributed by atoms with Crippen LogP contribution in [-0.4, -0.2) is 63.0 Å². The van der Waals surface area contributed by atoms with Crippen molar-refractivity contribution in [3.8, 4) is 0 Å². The molecule has 0 unspecified atom stereocenters. The van der Waals surface area contributed by atoms with Crippen molar-refractivity contribution in [2.45, 2.75) is 20.4 Å². The van der Waals surface area contributed by atoms with Crippen molar-refractivity contribution in [3.63, 3.8) is 0 Å². The fourth-order valence-corrected chi connectivity index (χ4v) is 3.77. The number of piperazine rings is 1. The van der Waals surface area contributed by atoms with Gasteiger partial charge in [0.25, 0.3) is 11.5 Å². The SMILES string of the molecule is CCN1CCN(C(=O)c2cc3c(=O)n(Cc4cccnc4)ccc3nc2C)CC1. The van der Waals surface area contributed by atoms with E-state index in [9.17, 15) is 9.59 Å². The molecule has 1 aliphatic rings. The third kappa shape index (κ3) is 3.91. The smallest absolute Gasteiger partial charge is 0.260 e. The molecule has 4 heterocycles. The minimum Gasteiger partial charge on any atom is -0.336 e. The Morgan fingerprint density at radius 3 is 2.66 bits per heavy atom. The second-order valence-corrected chi connectivity index (χ2v) is 7.39. The fourth-order valence-electron chi connectivity index (χ4n) is 3.77. The molecule has 1 fully saturated rings. The molecular formula is C22H25N5O2. The zero-order valence-electron chi connectivity index (χ0n) is 16.8. The number of hydrogen-bond donors (Lipinski definition) is 0. The van der Waals surface area contributed by atoms with Gasteiger partial charge in [-0.05, 0) is 37.2 Å². The molecule has 0 aliphatic carbocycles. The number of fused-ring (bicyclic) bond motifs is 1. The normalized spacial score (nSPS) is 15.0. The summed E-state index contributed by atoms with van der Waals surface area (Å²) < 4.78 is 1.63. The van der Waals surface area contributed by atoms with Gasteiger partial charge in [-0.25, -0.2) is 0 Å². The Balaban J connectivity index is 1.67. The van der Waals surface area contributed by atoms with Crippen LogP contribution >= 0.6 is 0 Å². The molecule has 4 rings (SSSR count). The van der Waals surface area contributed by atoms with Gasteiger partial charge in [0, 0.05) is 44.8 Å². The van der Waals surface area contributed by atoms with E-state index in [4.69, 9.17) is 0 Å². The van der Waals surface area contributed by atoms with Crippen LogP contribution < -0.4 is 5.56 Å². The molecule has 1 saturated heterocycles. The number of amides is 1. The maximum Gasteiger partial charge on any atom is 0.260 e. The standard InChI is InChI=1S/C22H25N5O2/c1-3-25-9-11-26(12-10-25)21(28)18-13-19-20(24-16(18)2)6-8-27(22(19)29)15-17-5-4-7-23-14-17/h4-8,13-14H,3,9-12,15H2,1-2H3. The molecule has 0 aromatic carbocycles. The third-order valence-electron chi connectivity index (χ3n) is 5.56. The van der Waals surface area contributed by atoms with Crippen LogP contribution in [-0.2, 0) is 6.54 Å². The van der Waals surface area contributed by atoms with E-state index in [1.165, 1.54) is 0 Å². The maximum atomic E-state index is 13.1. The first-order chi connectivity index (χ1) is 14.1. The molecule has 0 saturated carbocycles. The van der Waals surface area contributed by atoms with Crippen molar-refractivity contribution >= 4 is 16.8 Å². The van der Waals surface area contributed by atoms with Gasteiger partial charge in [-0.1, -0.05) is 13.0 Å². The third-order valence-corrected chi connectivity index (χ3v) is 5.56. The first-order valence-corrected chi connectivity index (χ1v) is 9.98. The number of pyridine rings is 3. The topological polar surface area (TPSA) is 71.3 Å². The predicted octanol–water partition coefficient (Wildman–Crippen LogP) is 1.93. The molecule has 29 heavy (non-hydrogen) atoms. The Morgan fingerprint density at radius 2 is 1.97 bits per heavy atom. The summed E-state index contributed by atoms with van der Waals surface area (Å²) in [4.78, 5) is 39.0. The lowest BCUT2D eigenvalue weighted by Gasteiger charge is -2.34. The summed E-state index contributed by atoms with van der Waals surface area (Å²) in [5, 5.41) is 0.470. The fraction of sp³-hybridized carbons (Fsp3) is 0.364. The van der Waals surface area contributed by atoms with E-state index >= 15 is 0 Å². The van der Waals surface area contributed by atoms with E-state index in [0.29, 0.717) is 41.8 Å². The summed E-state index contributed by atoms with van der Waals surface area (Å²) in [6.45, 7) is 8.53. The van der Waals surface area contributed by atoms with E-state index in [0.717, 1.165) is 25.2 Å². The predicted molar refractivity (Wildman–Crippen MR) is 112 cm³/mol. The first kappa shape index (κ1) is 19.3. The number of aromatic nitrogens is 3. The zero-order chi connectivity index (χ0) is 20.4. The first-order valence-electron chi connectivity index (χ1n) is 9.98.